The van der Waals surface area contributed by atoms with Crippen molar-refractivity contribution in [2.45, 2.75) is 45.3 Å². The molecule has 3 heterocycles. The van der Waals surface area contributed by atoms with E-state index in [4.69, 9.17) is 27.9 Å². The lowest BCUT2D eigenvalue weighted by atomic mass is 10.2. The van der Waals surface area contributed by atoms with Gasteiger partial charge in [0, 0.05) is 29.9 Å². The molecule has 0 aliphatic carbocycles. The molecule has 0 saturated heterocycles. The van der Waals surface area contributed by atoms with Crippen LogP contribution in [0.15, 0.2) is 47.5 Å². The molecule has 2 atom stereocenters. The molecule has 39 heavy (non-hydrogen) atoms. The van der Waals surface area contributed by atoms with E-state index in [1.807, 2.05) is 0 Å². The van der Waals surface area contributed by atoms with Crippen molar-refractivity contribution in [3.05, 3.63) is 74.9 Å². The van der Waals surface area contributed by atoms with E-state index in [0.29, 0.717) is 15.3 Å². The molecule has 4 aromatic rings. The molecule has 1 N–H and O–H groups in total. The van der Waals surface area contributed by atoms with Gasteiger partial charge in [-0.3, -0.25) is 14.3 Å². The van der Waals surface area contributed by atoms with Crippen molar-refractivity contribution in [2.75, 3.05) is 0 Å². The van der Waals surface area contributed by atoms with Crippen LogP contribution in [0.3, 0.4) is 0 Å². The minimum atomic E-state index is -4.97. The summed E-state index contributed by atoms with van der Waals surface area (Å²) in [4.78, 5) is 33.0. The number of carbonyl (C=O) groups excluding carboxylic acids is 1. The smallest absolute Gasteiger partial charge is 0.416 e. The number of aliphatic hydroxyl groups is 1. The summed E-state index contributed by atoms with van der Waals surface area (Å²) >= 11 is 12.2. The average Bonchev–Trinajstić information content (AvgIpc) is 3.41. The van der Waals surface area contributed by atoms with Crippen LogP contribution in [0, 0.1) is 0 Å². The van der Waals surface area contributed by atoms with Crippen LogP contribution in [0.2, 0.25) is 10.0 Å². The Morgan fingerprint density at radius 2 is 1.85 bits per heavy atom. The second kappa shape index (κ2) is 11.2. The van der Waals surface area contributed by atoms with Crippen molar-refractivity contribution in [3.63, 3.8) is 0 Å². The number of nitrogens with zero attached hydrogens (tertiary/aromatic N) is 7. The molecular weight excluding hydrogens is 566 g/mol. The van der Waals surface area contributed by atoms with E-state index in [9.17, 15) is 27.9 Å². The minimum absolute atomic E-state index is 0.0163. The number of rotatable bonds is 8. The maximum atomic E-state index is 13.2. The molecule has 0 bridgehead atoms. The Kier molecular flexibility index (Phi) is 8.09. The van der Waals surface area contributed by atoms with Crippen molar-refractivity contribution in [1.82, 2.24) is 34.1 Å². The van der Waals surface area contributed by atoms with Crippen LogP contribution in [0.4, 0.5) is 13.2 Å². The van der Waals surface area contributed by atoms with Gasteiger partial charge in [-0.1, -0.05) is 23.2 Å². The van der Waals surface area contributed by atoms with Gasteiger partial charge in [0.15, 0.2) is 29.7 Å². The van der Waals surface area contributed by atoms with Crippen molar-refractivity contribution in [3.8, 4) is 17.1 Å². The zero-order valence-corrected chi connectivity index (χ0v) is 21.8. The highest BCUT2D eigenvalue weighted by Crippen LogP contribution is 2.26. The molecule has 16 heteroatoms. The lowest BCUT2D eigenvalue weighted by molar-refractivity contribution is -0.207. The van der Waals surface area contributed by atoms with Crippen LogP contribution in [0.1, 0.15) is 31.6 Å². The standard InChI is InChI=1S/C23H20Cl2F3N7O4/c1-12(39-13(2)36)20-30-19(31-35(20)17-7-8-29-9-16(17)25)11-34-22(38)33(10-18(37)23(26,27)28)21(32-34)14-3-5-15(24)6-4-14/h3-9,12,18,37H,10-11H2,1-2H3/t12-,18?/m1/s1. The SMILES string of the molecule is CC(=O)O[C@H](C)c1nc(Cn2nc(-c3ccc(Cl)cc3)n(CC(O)C(F)(F)F)c2=O)nn1-c1ccncc1Cl. The first-order valence-corrected chi connectivity index (χ1v) is 12.0. The molecule has 1 unspecified atom stereocenters. The largest absolute Gasteiger partial charge is 0.455 e. The third-order valence-electron chi connectivity index (χ3n) is 5.41. The molecule has 0 amide bonds. The number of aliphatic hydroxyl groups excluding tert-OH is 1. The van der Waals surface area contributed by atoms with Crippen molar-refractivity contribution in [1.29, 1.82) is 0 Å². The van der Waals surface area contributed by atoms with Gasteiger partial charge in [0.2, 0.25) is 0 Å². The van der Waals surface area contributed by atoms with Gasteiger partial charge in [-0.2, -0.15) is 13.2 Å². The molecule has 0 aliphatic heterocycles. The van der Waals surface area contributed by atoms with Gasteiger partial charge < -0.3 is 9.84 Å². The summed E-state index contributed by atoms with van der Waals surface area (Å²) in [6.07, 6.45) is -5.84. The predicted octanol–water partition coefficient (Wildman–Crippen LogP) is 3.59. The van der Waals surface area contributed by atoms with E-state index in [-0.39, 0.29) is 34.6 Å². The lowest BCUT2D eigenvalue weighted by Crippen LogP contribution is -2.37. The second-order valence-electron chi connectivity index (χ2n) is 8.32. The van der Waals surface area contributed by atoms with Crippen molar-refractivity contribution in [2.24, 2.45) is 0 Å². The van der Waals surface area contributed by atoms with E-state index >= 15 is 0 Å². The topological polar surface area (TPSA) is 130 Å². The fourth-order valence-corrected chi connectivity index (χ4v) is 3.97. The summed E-state index contributed by atoms with van der Waals surface area (Å²) in [5, 5.41) is 18.8. The first kappa shape index (κ1) is 28.3. The van der Waals surface area contributed by atoms with Crippen LogP contribution in [0.25, 0.3) is 17.1 Å². The van der Waals surface area contributed by atoms with Gasteiger partial charge in [-0.15, -0.1) is 10.2 Å². The molecule has 3 aromatic heterocycles. The Hall–Kier alpha value is -3.75. The van der Waals surface area contributed by atoms with E-state index in [2.05, 4.69) is 20.2 Å². The Labute approximate surface area is 228 Å². The average molecular weight is 586 g/mol. The van der Waals surface area contributed by atoms with Crippen LogP contribution >= 0.6 is 23.2 Å². The molecule has 0 radical (unpaired) electrons. The quantitative estimate of drug-likeness (QED) is 0.310. The Balaban J connectivity index is 1.79. The van der Waals surface area contributed by atoms with Gasteiger partial charge in [0.25, 0.3) is 0 Å². The number of pyridine rings is 1. The van der Waals surface area contributed by atoms with Crippen LogP contribution in [-0.4, -0.2) is 57.5 Å². The van der Waals surface area contributed by atoms with Gasteiger partial charge in [0.05, 0.1) is 17.3 Å². The molecule has 0 saturated carbocycles. The van der Waals surface area contributed by atoms with Crippen molar-refractivity contribution < 1.29 is 27.8 Å². The first-order chi connectivity index (χ1) is 18.3. The first-order valence-electron chi connectivity index (χ1n) is 11.3. The highest BCUT2D eigenvalue weighted by atomic mass is 35.5. The summed E-state index contributed by atoms with van der Waals surface area (Å²) in [6.45, 7) is 1.31. The normalized spacial score (nSPS) is 13.3. The molecule has 0 fully saturated rings. The number of ether oxygens (including phenoxy) is 1. The Morgan fingerprint density at radius 3 is 2.46 bits per heavy atom. The van der Waals surface area contributed by atoms with Gasteiger partial charge >= 0.3 is 17.8 Å². The maximum absolute atomic E-state index is 13.2. The molecule has 0 aliphatic rings. The summed E-state index contributed by atoms with van der Waals surface area (Å²) in [5.41, 5.74) is -0.306. The van der Waals surface area contributed by atoms with Crippen molar-refractivity contribution >= 4 is 29.2 Å². The molecule has 1 aromatic carbocycles. The number of carbonyl (C=O) groups is 1. The van der Waals surface area contributed by atoms with E-state index < -0.39 is 36.6 Å². The van der Waals surface area contributed by atoms with Gasteiger partial charge in [-0.25, -0.2) is 19.1 Å². The number of aromatic nitrogens is 7. The number of alkyl halides is 3. The minimum Gasteiger partial charge on any atom is -0.455 e. The third kappa shape index (κ3) is 6.29. The van der Waals surface area contributed by atoms with Gasteiger partial charge in [0.1, 0.15) is 6.54 Å². The molecule has 206 valence electrons. The molecular formula is C23H20Cl2F3N7O4. The fraction of sp³-hybridized carbons (Fsp3) is 0.304. The summed E-state index contributed by atoms with van der Waals surface area (Å²) in [7, 11) is 0. The summed E-state index contributed by atoms with van der Waals surface area (Å²) < 4.78 is 47.5. The lowest BCUT2D eigenvalue weighted by Gasteiger charge is -2.15. The number of hydrogen-bond acceptors (Lipinski definition) is 8. The van der Waals surface area contributed by atoms with Gasteiger partial charge in [-0.05, 0) is 37.3 Å². The van der Waals surface area contributed by atoms with Crippen LogP contribution in [0.5, 0.6) is 0 Å². The van der Waals surface area contributed by atoms with E-state index in [1.54, 1.807) is 13.0 Å². The number of hydrogen-bond donors (Lipinski definition) is 1. The Morgan fingerprint density at radius 1 is 1.15 bits per heavy atom. The zero-order chi connectivity index (χ0) is 28.5. The van der Waals surface area contributed by atoms with E-state index in [1.165, 1.54) is 48.3 Å². The number of halogens is 5. The Bertz CT molecular complexity index is 1550. The number of benzene rings is 1. The molecule has 11 nitrogen and oxygen atoms in total. The summed E-state index contributed by atoms with van der Waals surface area (Å²) in [6, 6.07) is 7.46. The third-order valence-corrected chi connectivity index (χ3v) is 5.95. The number of esters is 1. The molecule has 0 spiro atoms. The fourth-order valence-electron chi connectivity index (χ4n) is 3.65. The monoisotopic (exact) mass is 585 g/mol. The highest BCUT2D eigenvalue weighted by Gasteiger charge is 2.39. The predicted molar refractivity (Wildman–Crippen MR) is 132 cm³/mol. The van der Waals surface area contributed by atoms with Crippen LogP contribution in [-0.2, 0) is 22.6 Å². The zero-order valence-electron chi connectivity index (χ0n) is 20.3. The molecule has 4 rings (SSSR count). The highest BCUT2D eigenvalue weighted by molar-refractivity contribution is 6.32. The van der Waals surface area contributed by atoms with E-state index in [0.717, 1.165) is 4.68 Å². The van der Waals surface area contributed by atoms with Crippen LogP contribution < -0.4 is 5.69 Å². The summed E-state index contributed by atoms with van der Waals surface area (Å²) in [5.74, 6) is -0.538. The maximum Gasteiger partial charge on any atom is 0.416 e. The second-order valence-corrected chi connectivity index (χ2v) is 9.16.